The minimum atomic E-state index is -0.635. The summed E-state index contributed by atoms with van der Waals surface area (Å²) in [6.45, 7) is 3.64. The fourth-order valence-electron chi connectivity index (χ4n) is 1.01. The van der Waals surface area contributed by atoms with Crippen LogP contribution in [-0.2, 0) is 0 Å². The Morgan fingerprint density at radius 1 is 1.73 bits per heavy atom. The summed E-state index contributed by atoms with van der Waals surface area (Å²) >= 11 is 2.79. The fourth-order valence-corrected chi connectivity index (χ4v) is 3.25. The first kappa shape index (κ1) is 12.5. The Labute approximate surface area is 96.5 Å². The molecule has 84 valence electrons. The number of thioether (sulfide) groups is 1. The van der Waals surface area contributed by atoms with E-state index in [9.17, 15) is 15.2 Å². The number of thiophene rings is 1. The van der Waals surface area contributed by atoms with Gasteiger partial charge in [-0.25, -0.2) is 0 Å². The molecule has 1 atom stereocenters. The molecule has 0 saturated heterocycles. The second kappa shape index (κ2) is 5.48. The summed E-state index contributed by atoms with van der Waals surface area (Å²) in [4.78, 5) is 11.0. The van der Waals surface area contributed by atoms with E-state index in [1.54, 1.807) is 6.92 Å². The summed E-state index contributed by atoms with van der Waals surface area (Å²) in [5.41, 5.74) is 0.120. The molecule has 0 aliphatic rings. The van der Waals surface area contributed by atoms with Crippen LogP contribution in [0.3, 0.4) is 0 Å². The lowest BCUT2D eigenvalue weighted by Crippen LogP contribution is -1.87. The zero-order valence-corrected chi connectivity index (χ0v) is 10.2. The van der Waals surface area contributed by atoms with Gasteiger partial charge in [0.25, 0.3) is 5.69 Å². The van der Waals surface area contributed by atoms with Crippen molar-refractivity contribution in [1.29, 1.82) is 0 Å². The average Bonchev–Trinajstić information content (AvgIpc) is 2.58. The monoisotopic (exact) mass is 247 g/mol. The molecular weight excluding hydrogens is 234 g/mol. The Morgan fingerprint density at radius 2 is 2.40 bits per heavy atom. The van der Waals surface area contributed by atoms with E-state index in [0.717, 1.165) is 12.2 Å². The number of aliphatic hydroxyl groups excluding tert-OH is 1. The number of hydrogen-bond donors (Lipinski definition) is 1. The Balaban J connectivity index is 2.95. The van der Waals surface area contributed by atoms with Crippen molar-refractivity contribution in [1.82, 2.24) is 0 Å². The van der Waals surface area contributed by atoms with Crippen LogP contribution in [0, 0.1) is 10.1 Å². The molecule has 0 spiro atoms. The summed E-state index contributed by atoms with van der Waals surface area (Å²) < 4.78 is 0.692. The van der Waals surface area contributed by atoms with Crippen molar-refractivity contribution in [3.05, 3.63) is 21.1 Å². The van der Waals surface area contributed by atoms with Gasteiger partial charge in [0.1, 0.15) is 4.21 Å². The number of hydrogen-bond acceptors (Lipinski definition) is 5. The fraction of sp³-hybridized carbons (Fsp3) is 0.556. The van der Waals surface area contributed by atoms with Crippen LogP contribution in [0.2, 0.25) is 0 Å². The molecule has 1 unspecified atom stereocenters. The van der Waals surface area contributed by atoms with Gasteiger partial charge in [-0.15, -0.1) is 23.1 Å². The third-order valence-electron chi connectivity index (χ3n) is 1.74. The van der Waals surface area contributed by atoms with Gasteiger partial charge in [0.15, 0.2) is 0 Å². The lowest BCUT2D eigenvalue weighted by atomic mass is 10.3. The number of aliphatic hydroxyl groups is 1. The van der Waals surface area contributed by atoms with Crippen LogP contribution in [0.25, 0.3) is 0 Å². The third-order valence-corrected chi connectivity index (χ3v) is 4.52. The lowest BCUT2D eigenvalue weighted by molar-refractivity contribution is -0.387. The van der Waals surface area contributed by atoms with Gasteiger partial charge in [0, 0.05) is 10.9 Å². The third kappa shape index (κ3) is 3.19. The van der Waals surface area contributed by atoms with Gasteiger partial charge < -0.3 is 5.11 Å². The topological polar surface area (TPSA) is 63.4 Å². The maximum absolute atomic E-state index is 10.7. The van der Waals surface area contributed by atoms with Gasteiger partial charge in [-0.1, -0.05) is 6.92 Å². The van der Waals surface area contributed by atoms with Crippen LogP contribution >= 0.6 is 23.1 Å². The number of nitro groups is 1. The predicted molar refractivity (Wildman–Crippen MR) is 62.6 cm³/mol. The normalized spacial score (nSPS) is 12.7. The van der Waals surface area contributed by atoms with Crippen molar-refractivity contribution >= 4 is 28.8 Å². The van der Waals surface area contributed by atoms with Gasteiger partial charge in [-0.2, -0.15) is 0 Å². The van der Waals surface area contributed by atoms with Gasteiger partial charge in [0.2, 0.25) is 0 Å². The van der Waals surface area contributed by atoms with Crippen molar-refractivity contribution in [2.75, 3.05) is 5.75 Å². The molecule has 1 rings (SSSR count). The maximum Gasteiger partial charge on any atom is 0.294 e. The highest BCUT2D eigenvalue weighted by Gasteiger charge is 2.20. The van der Waals surface area contributed by atoms with E-state index in [-0.39, 0.29) is 10.6 Å². The van der Waals surface area contributed by atoms with Crippen molar-refractivity contribution in [3.63, 3.8) is 0 Å². The molecular formula is C9H13NO3S2. The molecule has 1 N–H and O–H groups in total. The minimum absolute atomic E-state index is 0.120. The second-order valence-electron chi connectivity index (χ2n) is 3.10. The summed E-state index contributed by atoms with van der Waals surface area (Å²) in [6, 6.07) is 1.47. The molecule has 1 heterocycles. The first-order valence-electron chi connectivity index (χ1n) is 4.65. The Morgan fingerprint density at radius 3 is 2.87 bits per heavy atom. The second-order valence-corrected chi connectivity index (χ2v) is 5.55. The molecule has 1 aromatic heterocycles. The summed E-state index contributed by atoms with van der Waals surface area (Å²) in [5.74, 6) is 0.862. The van der Waals surface area contributed by atoms with Crippen LogP contribution in [-0.4, -0.2) is 15.8 Å². The largest absolute Gasteiger partial charge is 0.388 e. The maximum atomic E-state index is 10.7. The smallest absolute Gasteiger partial charge is 0.294 e. The minimum Gasteiger partial charge on any atom is -0.388 e. The van der Waals surface area contributed by atoms with E-state index in [1.165, 1.54) is 29.2 Å². The van der Waals surface area contributed by atoms with E-state index in [0.29, 0.717) is 9.09 Å². The highest BCUT2D eigenvalue weighted by Crippen LogP contribution is 2.39. The van der Waals surface area contributed by atoms with Crippen molar-refractivity contribution in [3.8, 4) is 0 Å². The van der Waals surface area contributed by atoms with Crippen LogP contribution in [0.1, 0.15) is 31.2 Å². The molecule has 0 saturated carbocycles. The van der Waals surface area contributed by atoms with E-state index in [4.69, 9.17) is 0 Å². The standard InChI is InChI=1S/C9H13NO3S2/c1-3-4-14-9-7(10(12)13)5-8(15-9)6(2)11/h5-6,11H,3-4H2,1-2H3. The van der Waals surface area contributed by atoms with Crippen LogP contribution in [0.15, 0.2) is 10.3 Å². The molecule has 0 fully saturated rings. The highest BCUT2D eigenvalue weighted by atomic mass is 32.2. The summed E-state index contributed by atoms with van der Waals surface area (Å²) in [7, 11) is 0. The first-order chi connectivity index (χ1) is 7.06. The molecule has 0 aliphatic heterocycles. The zero-order chi connectivity index (χ0) is 11.4. The van der Waals surface area contributed by atoms with Crippen LogP contribution in [0.5, 0.6) is 0 Å². The van der Waals surface area contributed by atoms with Crippen LogP contribution in [0.4, 0.5) is 5.69 Å². The lowest BCUT2D eigenvalue weighted by Gasteiger charge is -1.96. The Hall–Kier alpha value is -0.590. The zero-order valence-electron chi connectivity index (χ0n) is 8.60. The molecule has 6 heteroatoms. The molecule has 1 aromatic rings. The van der Waals surface area contributed by atoms with Crippen molar-refractivity contribution in [2.24, 2.45) is 0 Å². The van der Waals surface area contributed by atoms with Crippen LogP contribution < -0.4 is 0 Å². The van der Waals surface area contributed by atoms with Gasteiger partial charge in [-0.3, -0.25) is 10.1 Å². The van der Waals surface area contributed by atoms with E-state index in [2.05, 4.69) is 0 Å². The number of rotatable bonds is 5. The highest BCUT2D eigenvalue weighted by molar-refractivity contribution is 8.01. The molecule has 4 nitrogen and oxygen atoms in total. The summed E-state index contributed by atoms with van der Waals surface area (Å²) in [6.07, 6.45) is 0.341. The Kier molecular flexibility index (Phi) is 4.56. The molecule has 0 bridgehead atoms. The van der Waals surface area contributed by atoms with E-state index >= 15 is 0 Å². The SMILES string of the molecule is CCCSc1sc(C(C)O)cc1[N+](=O)[O-]. The van der Waals surface area contributed by atoms with E-state index in [1.807, 2.05) is 6.92 Å². The molecule has 0 aliphatic carbocycles. The van der Waals surface area contributed by atoms with Crippen molar-refractivity contribution in [2.45, 2.75) is 30.6 Å². The number of nitrogens with zero attached hydrogens (tertiary/aromatic N) is 1. The van der Waals surface area contributed by atoms with Gasteiger partial charge >= 0.3 is 0 Å². The Bertz CT molecular complexity index is 349. The first-order valence-corrected chi connectivity index (χ1v) is 6.45. The van der Waals surface area contributed by atoms with Gasteiger partial charge in [0.05, 0.1) is 11.0 Å². The quantitative estimate of drug-likeness (QED) is 0.493. The van der Waals surface area contributed by atoms with Crippen molar-refractivity contribution < 1.29 is 10.0 Å². The molecule has 15 heavy (non-hydrogen) atoms. The summed E-state index contributed by atoms with van der Waals surface area (Å²) in [5, 5.41) is 20.1. The average molecular weight is 247 g/mol. The molecule has 0 aromatic carbocycles. The van der Waals surface area contributed by atoms with E-state index < -0.39 is 6.10 Å². The van der Waals surface area contributed by atoms with Gasteiger partial charge in [-0.05, 0) is 19.1 Å². The predicted octanol–water partition coefficient (Wildman–Crippen LogP) is 3.21. The molecule has 0 radical (unpaired) electrons. The molecule has 0 amide bonds.